The Balaban J connectivity index is 1.19. The van der Waals surface area contributed by atoms with Gasteiger partial charge in [0.2, 0.25) is 11.8 Å². The third kappa shape index (κ3) is 8.06. The Morgan fingerprint density at radius 3 is 1.82 bits per heavy atom. The van der Waals surface area contributed by atoms with Gasteiger partial charge < -0.3 is 21.3 Å². The van der Waals surface area contributed by atoms with Crippen molar-refractivity contribution in [3.63, 3.8) is 0 Å². The number of aryl methyl sites for hydroxylation is 2. The molecule has 0 aromatic heterocycles. The molecule has 4 aromatic rings. The zero-order chi connectivity index (χ0) is 26.7. The molecule has 7 nitrogen and oxygen atoms in total. The Hall–Kier alpha value is -4.91. The minimum Gasteiger partial charge on any atom is -0.376 e. The van der Waals surface area contributed by atoms with Gasteiger partial charge in [-0.25, -0.2) is 0 Å². The van der Waals surface area contributed by atoms with Gasteiger partial charge in [-0.3, -0.25) is 14.4 Å². The van der Waals surface area contributed by atoms with E-state index in [4.69, 9.17) is 0 Å². The molecule has 0 unspecified atom stereocenters. The summed E-state index contributed by atoms with van der Waals surface area (Å²) in [6.07, 6.45) is 1.08. The lowest BCUT2D eigenvalue weighted by molar-refractivity contribution is -0.116. The number of amides is 3. The van der Waals surface area contributed by atoms with E-state index in [0.717, 1.165) is 16.8 Å². The second-order valence-corrected chi connectivity index (χ2v) is 8.91. The number of nitrogens with one attached hydrogen (secondary N) is 4. The van der Waals surface area contributed by atoms with Crippen LogP contribution in [0.25, 0.3) is 0 Å². The highest BCUT2D eigenvalue weighted by molar-refractivity contribution is 6.04. The average molecular weight is 507 g/mol. The van der Waals surface area contributed by atoms with Gasteiger partial charge in [0.1, 0.15) is 0 Å². The maximum Gasteiger partial charge on any atom is 0.255 e. The van der Waals surface area contributed by atoms with E-state index in [-0.39, 0.29) is 24.3 Å². The van der Waals surface area contributed by atoms with Crippen LogP contribution in [0.4, 0.5) is 22.7 Å². The third-order valence-corrected chi connectivity index (χ3v) is 5.81. The van der Waals surface area contributed by atoms with Gasteiger partial charge in [0, 0.05) is 34.7 Å². The number of benzene rings is 4. The summed E-state index contributed by atoms with van der Waals surface area (Å²) in [7, 11) is 0. The fraction of sp³-hybridized carbons (Fsp3) is 0.129. The summed E-state index contributed by atoms with van der Waals surface area (Å²) in [4.78, 5) is 37.0. The zero-order valence-corrected chi connectivity index (χ0v) is 21.2. The predicted molar refractivity (Wildman–Crippen MR) is 153 cm³/mol. The lowest BCUT2D eigenvalue weighted by Gasteiger charge is -2.10. The topological polar surface area (TPSA) is 99.3 Å². The number of rotatable bonds is 10. The van der Waals surface area contributed by atoms with E-state index in [1.807, 2.05) is 55.5 Å². The van der Waals surface area contributed by atoms with Gasteiger partial charge in [-0.1, -0.05) is 48.0 Å². The quantitative estimate of drug-likeness (QED) is 0.216. The first kappa shape index (κ1) is 26.2. The molecule has 4 N–H and O–H groups in total. The Labute approximate surface area is 222 Å². The van der Waals surface area contributed by atoms with Gasteiger partial charge in [0.25, 0.3) is 5.91 Å². The number of carbonyl (C=O) groups is 3. The Morgan fingerprint density at radius 2 is 1.18 bits per heavy atom. The van der Waals surface area contributed by atoms with Crippen molar-refractivity contribution in [2.24, 2.45) is 0 Å². The molecule has 0 aliphatic heterocycles. The lowest BCUT2D eigenvalue weighted by atomic mass is 10.1. The molecule has 0 radical (unpaired) electrons. The van der Waals surface area contributed by atoms with E-state index < -0.39 is 0 Å². The smallest absolute Gasteiger partial charge is 0.255 e. The molecule has 0 saturated carbocycles. The molecule has 0 saturated heterocycles. The number of carbonyl (C=O) groups excluding carboxylic acids is 3. The summed E-state index contributed by atoms with van der Waals surface area (Å²) in [5.41, 5.74) is 5.47. The largest absolute Gasteiger partial charge is 0.376 e. The van der Waals surface area contributed by atoms with Gasteiger partial charge in [0.15, 0.2) is 0 Å². The van der Waals surface area contributed by atoms with Crippen molar-refractivity contribution in [1.82, 2.24) is 0 Å². The monoisotopic (exact) mass is 506 g/mol. The van der Waals surface area contributed by atoms with E-state index in [1.165, 1.54) is 0 Å². The van der Waals surface area contributed by atoms with E-state index in [1.54, 1.807) is 54.6 Å². The highest BCUT2D eigenvalue weighted by Crippen LogP contribution is 2.17. The van der Waals surface area contributed by atoms with Crippen molar-refractivity contribution in [3.8, 4) is 0 Å². The molecule has 0 spiro atoms. The van der Waals surface area contributed by atoms with Crippen molar-refractivity contribution in [1.29, 1.82) is 0 Å². The van der Waals surface area contributed by atoms with Crippen LogP contribution in [0, 0.1) is 6.92 Å². The third-order valence-electron chi connectivity index (χ3n) is 5.81. The van der Waals surface area contributed by atoms with Crippen molar-refractivity contribution in [3.05, 3.63) is 120 Å². The Morgan fingerprint density at radius 1 is 0.605 bits per heavy atom. The molecule has 0 bridgehead atoms. The van der Waals surface area contributed by atoms with Crippen LogP contribution in [0.15, 0.2) is 103 Å². The number of hydrogen-bond acceptors (Lipinski definition) is 4. The molecule has 7 heteroatoms. The molecule has 0 heterocycles. The van der Waals surface area contributed by atoms with Gasteiger partial charge in [-0.2, -0.15) is 0 Å². The molecule has 0 atom stereocenters. The number of anilines is 4. The van der Waals surface area contributed by atoms with E-state index >= 15 is 0 Å². The first-order chi connectivity index (χ1) is 18.4. The fourth-order valence-electron chi connectivity index (χ4n) is 3.81. The molecule has 0 aliphatic carbocycles. The van der Waals surface area contributed by atoms with Crippen LogP contribution in [0.3, 0.4) is 0 Å². The van der Waals surface area contributed by atoms with Crippen LogP contribution in [-0.4, -0.2) is 24.3 Å². The zero-order valence-electron chi connectivity index (χ0n) is 21.2. The fourth-order valence-corrected chi connectivity index (χ4v) is 3.81. The van der Waals surface area contributed by atoms with Crippen LogP contribution in [0.1, 0.15) is 27.9 Å². The minimum atomic E-state index is -0.207. The summed E-state index contributed by atoms with van der Waals surface area (Å²) in [5, 5.41) is 11.6. The second kappa shape index (κ2) is 12.9. The van der Waals surface area contributed by atoms with E-state index in [2.05, 4.69) is 21.3 Å². The molecule has 4 rings (SSSR count). The molecular formula is C31H30N4O3. The van der Waals surface area contributed by atoms with Gasteiger partial charge >= 0.3 is 0 Å². The first-order valence-corrected chi connectivity index (χ1v) is 12.4. The van der Waals surface area contributed by atoms with Crippen LogP contribution in [-0.2, 0) is 16.0 Å². The Kier molecular flexibility index (Phi) is 8.86. The molecule has 38 heavy (non-hydrogen) atoms. The van der Waals surface area contributed by atoms with Gasteiger partial charge in [-0.15, -0.1) is 0 Å². The molecule has 192 valence electrons. The van der Waals surface area contributed by atoms with Crippen LogP contribution in [0.2, 0.25) is 0 Å². The van der Waals surface area contributed by atoms with Crippen molar-refractivity contribution in [2.75, 3.05) is 27.8 Å². The lowest BCUT2D eigenvalue weighted by Crippen LogP contribution is -2.21. The maximum atomic E-state index is 12.4. The van der Waals surface area contributed by atoms with Crippen LogP contribution in [0.5, 0.6) is 0 Å². The van der Waals surface area contributed by atoms with Gasteiger partial charge in [-0.05, 0) is 79.6 Å². The average Bonchev–Trinajstić information content (AvgIpc) is 2.93. The summed E-state index contributed by atoms with van der Waals surface area (Å²) in [5.74, 6) is -0.441. The normalized spacial score (nSPS) is 10.3. The molecular weight excluding hydrogens is 476 g/mol. The van der Waals surface area contributed by atoms with Crippen molar-refractivity contribution < 1.29 is 14.4 Å². The van der Waals surface area contributed by atoms with Crippen molar-refractivity contribution in [2.45, 2.75) is 19.8 Å². The summed E-state index contributed by atoms with van der Waals surface area (Å²) in [6.45, 7) is 2.02. The number of hydrogen-bond donors (Lipinski definition) is 4. The summed E-state index contributed by atoms with van der Waals surface area (Å²) in [6, 6.07) is 31.4. The van der Waals surface area contributed by atoms with E-state index in [9.17, 15) is 14.4 Å². The SMILES string of the molecule is Cc1cccc(C(=O)Nc2ccc(NCC(=O)Nc3ccc(NC(=O)CCc4ccccc4)cc3)cc2)c1. The molecule has 0 fully saturated rings. The van der Waals surface area contributed by atoms with E-state index in [0.29, 0.717) is 35.5 Å². The first-order valence-electron chi connectivity index (χ1n) is 12.4. The minimum absolute atomic E-state index is 0.0596. The summed E-state index contributed by atoms with van der Waals surface area (Å²) >= 11 is 0. The second-order valence-electron chi connectivity index (χ2n) is 8.91. The molecule has 4 aromatic carbocycles. The highest BCUT2D eigenvalue weighted by atomic mass is 16.2. The summed E-state index contributed by atoms with van der Waals surface area (Å²) < 4.78 is 0. The Bertz CT molecular complexity index is 1390. The van der Waals surface area contributed by atoms with Crippen LogP contribution < -0.4 is 21.3 Å². The van der Waals surface area contributed by atoms with Gasteiger partial charge in [0.05, 0.1) is 6.54 Å². The highest BCUT2D eigenvalue weighted by Gasteiger charge is 2.08. The molecule has 0 aliphatic rings. The molecule has 3 amide bonds. The standard InChI is InChI=1S/C31H30N4O3/c1-22-6-5-9-24(20-22)31(38)35-28-13-11-25(12-14-28)32-21-30(37)34-27-17-15-26(16-18-27)33-29(36)19-10-23-7-3-2-4-8-23/h2-9,11-18,20,32H,10,19,21H2,1H3,(H,33,36)(H,34,37)(H,35,38). The maximum absolute atomic E-state index is 12.4. The van der Waals surface area contributed by atoms with Crippen LogP contribution >= 0.6 is 0 Å². The van der Waals surface area contributed by atoms with Crippen molar-refractivity contribution >= 4 is 40.5 Å². The predicted octanol–water partition coefficient (Wildman–Crippen LogP) is 5.87.